The van der Waals surface area contributed by atoms with Crippen molar-refractivity contribution in [2.45, 2.75) is 6.54 Å². The molecule has 0 aliphatic heterocycles. The minimum absolute atomic E-state index is 0.115. The van der Waals surface area contributed by atoms with Gasteiger partial charge in [-0.3, -0.25) is 4.79 Å². The van der Waals surface area contributed by atoms with Gasteiger partial charge in [0.15, 0.2) is 6.73 Å². The van der Waals surface area contributed by atoms with Crippen LogP contribution in [0.25, 0.3) is 0 Å². The first kappa shape index (κ1) is 17.4. The predicted octanol–water partition coefficient (Wildman–Crippen LogP) is 4.14. The highest BCUT2D eigenvalue weighted by Crippen LogP contribution is 2.11. The first-order valence-electron chi connectivity index (χ1n) is 8.34. The Balaban J connectivity index is 1.74. The molecule has 130 valence electrons. The summed E-state index contributed by atoms with van der Waals surface area (Å²) in [6.07, 6.45) is 0. The van der Waals surface area contributed by atoms with Gasteiger partial charge >= 0.3 is 5.97 Å². The molecule has 3 aromatic rings. The number of carbonyl (C=O) groups excluding carboxylic acids is 2. The Morgan fingerprint density at radius 3 is 1.77 bits per heavy atom. The first-order chi connectivity index (χ1) is 12.7. The van der Waals surface area contributed by atoms with E-state index >= 15 is 0 Å². The van der Waals surface area contributed by atoms with E-state index < -0.39 is 5.97 Å². The predicted molar refractivity (Wildman–Crippen MR) is 99.5 cm³/mol. The van der Waals surface area contributed by atoms with Crippen LogP contribution in [0.5, 0.6) is 0 Å². The molecule has 0 spiro atoms. The topological polar surface area (TPSA) is 46.6 Å². The average molecular weight is 345 g/mol. The van der Waals surface area contributed by atoms with Crippen LogP contribution in [0, 0.1) is 0 Å². The summed E-state index contributed by atoms with van der Waals surface area (Å²) in [4.78, 5) is 26.6. The lowest BCUT2D eigenvalue weighted by molar-refractivity contribution is 0.0191. The van der Waals surface area contributed by atoms with E-state index in [4.69, 9.17) is 4.74 Å². The number of nitrogens with zero attached hydrogens (tertiary/aromatic N) is 1. The maximum absolute atomic E-state index is 12.8. The zero-order valence-corrected chi connectivity index (χ0v) is 14.2. The van der Waals surface area contributed by atoms with Gasteiger partial charge in [0.1, 0.15) is 0 Å². The zero-order valence-electron chi connectivity index (χ0n) is 14.2. The summed E-state index contributed by atoms with van der Waals surface area (Å²) in [5, 5.41) is 0. The van der Waals surface area contributed by atoms with E-state index in [1.165, 1.54) is 4.90 Å². The third kappa shape index (κ3) is 4.57. The van der Waals surface area contributed by atoms with Gasteiger partial charge in [-0.1, -0.05) is 66.7 Å². The Bertz CT molecular complexity index is 848. The highest BCUT2D eigenvalue weighted by molar-refractivity contribution is 5.94. The molecule has 4 nitrogen and oxygen atoms in total. The number of ether oxygens (including phenoxy) is 1. The first-order valence-corrected chi connectivity index (χ1v) is 8.34. The molecule has 0 saturated heterocycles. The van der Waals surface area contributed by atoms with Crippen molar-refractivity contribution in [2.24, 2.45) is 0 Å². The van der Waals surface area contributed by atoms with Gasteiger partial charge in [-0.15, -0.1) is 0 Å². The molecule has 0 heterocycles. The fraction of sp³-hybridized carbons (Fsp3) is 0.0909. The van der Waals surface area contributed by atoms with Gasteiger partial charge < -0.3 is 9.64 Å². The third-order valence-electron chi connectivity index (χ3n) is 3.89. The molecule has 0 radical (unpaired) electrons. The summed E-state index contributed by atoms with van der Waals surface area (Å²) in [5.41, 5.74) is 1.98. The summed E-state index contributed by atoms with van der Waals surface area (Å²) in [6.45, 7) is 0.243. The Labute approximate surface area is 152 Å². The summed E-state index contributed by atoms with van der Waals surface area (Å²) in [7, 11) is 0. The monoisotopic (exact) mass is 345 g/mol. The van der Waals surface area contributed by atoms with Crippen molar-refractivity contribution >= 4 is 11.9 Å². The van der Waals surface area contributed by atoms with E-state index in [9.17, 15) is 9.59 Å². The van der Waals surface area contributed by atoms with Gasteiger partial charge in [-0.25, -0.2) is 4.79 Å². The fourth-order valence-electron chi connectivity index (χ4n) is 2.54. The SMILES string of the molecule is O=C(OCN(Cc1ccccc1)C(=O)c1ccccc1)c1ccccc1. The second-order valence-electron chi connectivity index (χ2n) is 5.78. The molecule has 0 atom stereocenters. The lowest BCUT2D eigenvalue weighted by atomic mass is 10.1. The molecule has 0 aliphatic rings. The number of carbonyl (C=O) groups is 2. The summed E-state index contributed by atoms with van der Waals surface area (Å²) in [6, 6.07) is 27.3. The molecular weight excluding hydrogens is 326 g/mol. The summed E-state index contributed by atoms with van der Waals surface area (Å²) >= 11 is 0. The Hall–Kier alpha value is -3.40. The van der Waals surface area contributed by atoms with Crippen molar-refractivity contribution in [3.05, 3.63) is 108 Å². The van der Waals surface area contributed by atoms with Crippen LogP contribution in [-0.2, 0) is 11.3 Å². The number of hydrogen-bond acceptors (Lipinski definition) is 3. The van der Waals surface area contributed by atoms with Gasteiger partial charge in [-0.2, -0.15) is 0 Å². The van der Waals surface area contributed by atoms with E-state index in [1.54, 1.807) is 36.4 Å². The van der Waals surface area contributed by atoms with Crippen LogP contribution in [0.15, 0.2) is 91.0 Å². The number of amides is 1. The minimum Gasteiger partial charge on any atom is -0.441 e. The van der Waals surface area contributed by atoms with Crippen LogP contribution in [0.4, 0.5) is 0 Å². The van der Waals surface area contributed by atoms with Crippen molar-refractivity contribution in [2.75, 3.05) is 6.73 Å². The van der Waals surface area contributed by atoms with Gasteiger partial charge in [0.2, 0.25) is 0 Å². The molecular formula is C22H19NO3. The lowest BCUT2D eigenvalue weighted by Crippen LogP contribution is -2.33. The standard InChI is InChI=1S/C22H19NO3/c24-21(19-12-6-2-7-13-19)23(16-18-10-4-1-5-11-18)17-26-22(25)20-14-8-3-9-15-20/h1-15H,16-17H2. The molecule has 4 heteroatoms. The second-order valence-corrected chi connectivity index (χ2v) is 5.78. The molecule has 0 aromatic heterocycles. The van der Waals surface area contributed by atoms with Crippen molar-refractivity contribution in [3.8, 4) is 0 Å². The van der Waals surface area contributed by atoms with E-state index in [0.29, 0.717) is 17.7 Å². The van der Waals surface area contributed by atoms with Crippen LogP contribution >= 0.6 is 0 Å². The van der Waals surface area contributed by atoms with Crippen molar-refractivity contribution < 1.29 is 14.3 Å². The number of rotatable bonds is 6. The largest absolute Gasteiger partial charge is 0.441 e. The van der Waals surface area contributed by atoms with E-state index in [2.05, 4.69) is 0 Å². The zero-order chi connectivity index (χ0) is 18.2. The van der Waals surface area contributed by atoms with E-state index in [0.717, 1.165) is 5.56 Å². The van der Waals surface area contributed by atoms with E-state index in [-0.39, 0.29) is 12.6 Å². The molecule has 0 unspecified atom stereocenters. The smallest absolute Gasteiger partial charge is 0.339 e. The number of benzene rings is 3. The van der Waals surface area contributed by atoms with Gasteiger partial charge in [0.05, 0.1) is 5.56 Å². The van der Waals surface area contributed by atoms with Crippen molar-refractivity contribution in [3.63, 3.8) is 0 Å². The van der Waals surface area contributed by atoms with Crippen LogP contribution in [0.2, 0.25) is 0 Å². The normalized spacial score (nSPS) is 10.2. The van der Waals surface area contributed by atoms with Crippen LogP contribution in [0.3, 0.4) is 0 Å². The van der Waals surface area contributed by atoms with Gasteiger partial charge in [-0.05, 0) is 29.8 Å². The number of esters is 1. The quantitative estimate of drug-likeness (QED) is 0.498. The number of hydrogen-bond donors (Lipinski definition) is 0. The van der Waals surface area contributed by atoms with Crippen molar-refractivity contribution in [1.29, 1.82) is 0 Å². The molecule has 26 heavy (non-hydrogen) atoms. The van der Waals surface area contributed by atoms with Crippen LogP contribution in [-0.4, -0.2) is 23.5 Å². The fourth-order valence-corrected chi connectivity index (χ4v) is 2.54. The highest BCUT2D eigenvalue weighted by Gasteiger charge is 2.18. The average Bonchev–Trinajstić information content (AvgIpc) is 2.72. The van der Waals surface area contributed by atoms with Crippen molar-refractivity contribution in [1.82, 2.24) is 4.90 Å². The maximum atomic E-state index is 12.8. The highest BCUT2D eigenvalue weighted by atomic mass is 16.5. The van der Waals surface area contributed by atoms with Gasteiger partial charge in [0, 0.05) is 12.1 Å². The summed E-state index contributed by atoms with van der Waals surface area (Å²) < 4.78 is 5.37. The second kappa shape index (κ2) is 8.62. The van der Waals surface area contributed by atoms with Crippen LogP contribution in [0.1, 0.15) is 26.3 Å². The van der Waals surface area contributed by atoms with E-state index in [1.807, 2.05) is 54.6 Å². The molecule has 1 amide bonds. The van der Waals surface area contributed by atoms with Gasteiger partial charge in [0.25, 0.3) is 5.91 Å². The third-order valence-corrected chi connectivity index (χ3v) is 3.89. The molecule has 0 aliphatic carbocycles. The molecule has 3 rings (SSSR count). The molecule has 0 N–H and O–H groups in total. The Morgan fingerprint density at radius 2 is 1.19 bits per heavy atom. The Morgan fingerprint density at radius 1 is 0.692 bits per heavy atom. The molecule has 0 bridgehead atoms. The van der Waals surface area contributed by atoms with Crippen LogP contribution < -0.4 is 0 Å². The Kier molecular flexibility index (Phi) is 5.78. The minimum atomic E-state index is -0.454. The maximum Gasteiger partial charge on any atom is 0.339 e. The lowest BCUT2D eigenvalue weighted by Gasteiger charge is -2.22. The molecule has 3 aromatic carbocycles. The molecule has 0 saturated carbocycles. The molecule has 0 fully saturated rings. The summed E-state index contributed by atoms with van der Waals surface area (Å²) in [5.74, 6) is -0.639.